The summed E-state index contributed by atoms with van der Waals surface area (Å²) in [5.41, 5.74) is 2.11. The molecule has 4 nitrogen and oxygen atoms in total. The molecule has 0 amide bonds. The lowest BCUT2D eigenvalue weighted by atomic mass is 10.1. The highest BCUT2D eigenvalue weighted by Gasteiger charge is 2.24. The summed E-state index contributed by atoms with van der Waals surface area (Å²) < 4.78 is 2.03. The summed E-state index contributed by atoms with van der Waals surface area (Å²) in [6.07, 6.45) is 1.28. The smallest absolute Gasteiger partial charge is 0.0860 e. The van der Waals surface area contributed by atoms with Crippen LogP contribution in [-0.2, 0) is 13.1 Å². The van der Waals surface area contributed by atoms with Gasteiger partial charge in [0, 0.05) is 19.6 Å². The Morgan fingerprint density at radius 3 is 2.94 bits per heavy atom. The minimum Gasteiger partial charge on any atom is -0.319 e. The highest BCUT2D eigenvalue weighted by molar-refractivity contribution is 6.31. The van der Waals surface area contributed by atoms with Crippen molar-refractivity contribution in [1.82, 2.24) is 20.0 Å². The molecular formula is C13H23ClN4. The topological polar surface area (TPSA) is 33.1 Å². The molecule has 0 spiro atoms. The van der Waals surface area contributed by atoms with Crippen LogP contribution in [0.1, 0.15) is 24.7 Å². The molecule has 2 heterocycles. The van der Waals surface area contributed by atoms with Crippen molar-refractivity contribution >= 4 is 11.6 Å². The first-order valence-corrected chi connectivity index (χ1v) is 7.12. The van der Waals surface area contributed by atoms with Crippen molar-refractivity contribution in [3.05, 3.63) is 16.4 Å². The molecule has 1 fully saturated rings. The molecule has 18 heavy (non-hydrogen) atoms. The average Bonchev–Trinajstić information content (AvgIpc) is 2.90. The van der Waals surface area contributed by atoms with E-state index in [1.807, 2.05) is 18.7 Å². The Labute approximate surface area is 114 Å². The van der Waals surface area contributed by atoms with Crippen LogP contribution >= 0.6 is 11.6 Å². The summed E-state index contributed by atoms with van der Waals surface area (Å²) in [7, 11) is 2.02. The molecule has 1 aliphatic rings. The molecule has 0 aromatic carbocycles. The first-order valence-electron chi connectivity index (χ1n) is 6.74. The zero-order valence-electron chi connectivity index (χ0n) is 11.5. The van der Waals surface area contributed by atoms with Crippen molar-refractivity contribution in [1.29, 1.82) is 0 Å². The second-order valence-corrected chi connectivity index (χ2v) is 5.49. The maximum Gasteiger partial charge on any atom is 0.0860 e. The van der Waals surface area contributed by atoms with Crippen LogP contribution in [0.4, 0.5) is 0 Å². The number of nitrogens with zero attached hydrogens (tertiary/aromatic N) is 3. The first kappa shape index (κ1) is 13.8. The quantitative estimate of drug-likeness (QED) is 0.887. The fourth-order valence-electron chi connectivity index (χ4n) is 2.74. The highest BCUT2D eigenvalue weighted by atomic mass is 35.5. The van der Waals surface area contributed by atoms with Crippen molar-refractivity contribution in [3.8, 4) is 0 Å². The van der Waals surface area contributed by atoms with Gasteiger partial charge in [0.25, 0.3) is 0 Å². The van der Waals surface area contributed by atoms with Crippen LogP contribution in [-0.4, -0.2) is 41.4 Å². The third-order valence-electron chi connectivity index (χ3n) is 3.69. The third-order valence-corrected chi connectivity index (χ3v) is 4.18. The molecule has 102 valence electrons. The van der Waals surface area contributed by atoms with Gasteiger partial charge in [-0.25, -0.2) is 0 Å². The first-order chi connectivity index (χ1) is 8.65. The Bertz CT molecular complexity index is 402. The van der Waals surface area contributed by atoms with Crippen molar-refractivity contribution < 1.29 is 0 Å². The summed E-state index contributed by atoms with van der Waals surface area (Å²) in [4.78, 5) is 2.48. The molecule has 5 heteroatoms. The van der Waals surface area contributed by atoms with E-state index in [1.54, 1.807) is 0 Å². The molecule has 1 saturated heterocycles. The highest BCUT2D eigenvalue weighted by Crippen LogP contribution is 2.24. The van der Waals surface area contributed by atoms with Crippen molar-refractivity contribution in [2.24, 2.45) is 5.92 Å². The largest absolute Gasteiger partial charge is 0.319 e. The van der Waals surface area contributed by atoms with Gasteiger partial charge in [-0.05, 0) is 46.3 Å². The summed E-state index contributed by atoms with van der Waals surface area (Å²) in [6, 6.07) is 0. The van der Waals surface area contributed by atoms with E-state index in [1.165, 1.54) is 12.1 Å². The molecule has 1 aromatic rings. The van der Waals surface area contributed by atoms with Crippen molar-refractivity contribution in [2.75, 3.05) is 26.7 Å². The van der Waals surface area contributed by atoms with Crippen LogP contribution < -0.4 is 5.32 Å². The monoisotopic (exact) mass is 270 g/mol. The molecule has 1 unspecified atom stereocenters. The fraction of sp³-hybridized carbons (Fsp3) is 0.769. The van der Waals surface area contributed by atoms with Crippen LogP contribution in [0.15, 0.2) is 0 Å². The lowest BCUT2D eigenvalue weighted by molar-refractivity contribution is 0.304. The van der Waals surface area contributed by atoms with E-state index in [0.29, 0.717) is 0 Å². The van der Waals surface area contributed by atoms with Crippen molar-refractivity contribution in [2.45, 2.75) is 33.4 Å². The van der Waals surface area contributed by atoms with Gasteiger partial charge in [0.05, 0.1) is 16.4 Å². The van der Waals surface area contributed by atoms with Gasteiger partial charge in [0.15, 0.2) is 0 Å². The van der Waals surface area contributed by atoms with Gasteiger partial charge in [-0.3, -0.25) is 9.58 Å². The second kappa shape index (κ2) is 6.04. The Kier molecular flexibility index (Phi) is 4.65. The van der Waals surface area contributed by atoms with Crippen LogP contribution in [0, 0.1) is 12.8 Å². The van der Waals surface area contributed by atoms with E-state index >= 15 is 0 Å². The number of hydrogen-bond acceptors (Lipinski definition) is 3. The summed E-state index contributed by atoms with van der Waals surface area (Å²) in [5, 5.41) is 8.58. The summed E-state index contributed by atoms with van der Waals surface area (Å²) >= 11 is 6.35. The van der Waals surface area contributed by atoms with Gasteiger partial charge in [-0.2, -0.15) is 5.10 Å². The second-order valence-electron chi connectivity index (χ2n) is 5.11. The molecule has 0 saturated carbocycles. The molecule has 1 N–H and O–H groups in total. The van der Waals surface area contributed by atoms with E-state index in [4.69, 9.17) is 11.6 Å². The van der Waals surface area contributed by atoms with Gasteiger partial charge in [0.2, 0.25) is 0 Å². The fourth-order valence-corrected chi connectivity index (χ4v) is 2.94. The van der Waals surface area contributed by atoms with E-state index in [9.17, 15) is 0 Å². The normalized spacial score (nSPS) is 20.8. The van der Waals surface area contributed by atoms with Gasteiger partial charge < -0.3 is 5.32 Å². The summed E-state index contributed by atoms with van der Waals surface area (Å²) in [6.45, 7) is 9.33. The minimum absolute atomic E-state index is 0.771. The average molecular weight is 271 g/mol. The zero-order chi connectivity index (χ0) is 13.1. The van der Waals surface area contributed by atoms with Crippen molar-refractivity contribution in [3.63, 3.8) is 0 Å². The predicted octanol–water partition coefficient (Wildman–Crippen LogP) is 1.91. The van der Waals surface area contributed by atoms with Crippen LogP contribution in [0.25, 0.3) is 0 Å². The standard InChI is InChI=1S/C13H23ClN4/c1-4-18-12(13(14)10(2)16-18)9-17-6-5-11(8-17)7-15-3/h11,15H,4-9H2,1-3H3. The number of aromatic nitrogens is 2. The van der Waals surface area contributed by atoms with Gasteiger partial charge in [0.1, 0.15) is 0 Å². The Hall–Kier alpha value is -0.580. The molecule has 0 bridgehead atoms. The van der Waals surface area contributed by atoms with Gasteiger partial charge >= 0.3 is 0 Å². The van der Waals surface area contributed by atoms with Crippen LogP contribution in [0.5, 0.6) is 0 Å². The maximum absolute atomic E-state index is 6.35. The lowest BCUT2D eigenvalue weighted by Gasteiger charge is -2.17. The molecule has 1 atom stereocenters. The number of likely N-dealkylation sites (tertiary alicyclic amines) is 1. The predicted molar refractivity (Wildman–Crippen MR) is 75.0 cm³/mol. The Morgan fingerprint density at radius 1 is 1.50 bits per heavy atom. The Morgan fingerprint density at radius 2 is 2.28 bits per heavy atom. The van der Waals surface area contributed by atoms with Gasteiger partial charge in [-0.15, -0.1) is 0 Å². The third kappa shape index (κ3) is 2.87. The number of nitrogens with one attached hydrogen (secondary N) is 1. The summed E-state index contributed by atoms with van der Waals surface area (Å²) in [5.74, 6) is 0.771. The van der Waals surface area contributed by atoms with E-state index < -0.39 is 0 Å². The Balaban J connectivity index is 2.02. The minimum atomic E-state index is 0.771. The van der Waals surface area contributed by atoms with Crippen LogP contribution in [0.3, 0.4) is 0 Å². The van der Waals surface area contributed by atoms with E-state index in [0.717, 1.165) is 49.4 Å². The number of rotatable bonds is 5. The number of halogens is 1. The maximum atomic E-state index is 6.35. The molecule has 0 radical (unpaired) electrons. The number of hydrogen-bond donors (Lipinski definition) is 1. The molecule has 2 rings (SSSR count). The molecule has 1 aromatic heterocycles. The zero-order valence-corrected chi connectivity index (χ0v) is 12.3. The van der Waals surface area contributed by atoms with E-state index in [2.05, 4.69) is 22.2 Å². The van der Waals surface area contributed by atoms with Crippen LogP contribution in [0.2, 0.25) is 5.02 Å². The van der Waals surface area contributed by atoms with E-state index in [-0.39, 0.29) is 0 Å². The molecule has 1 aliphatic heterocycles. The molecular weight excluding hydrogens is 248 g/mol. The SMILES string of the molecule is CCn1nc(C)c(Cl)c1CN1CCC(CNC)C1. The molecule has 0 aliphatic carbocycles. The lowest BCUT2D eigenvalue weighted by Crippen LogP contribution is -2.25. The number of aryl methyl sites for hydroxylation is 2. The van der Waals surface area contributed by atoms with Gasteiger partial charge in [-0.1, -0.05) is 11.6 Å².